The van der Waals surface area contributed by atoms with Crippen LogP contribution < -0.4 is 5.32 Å². The van der Waals surface area contributed by atoms with E-state index in [1.54, 1.807) is 0 Å². The zero-order valence-electron chi connectivity index (χ0n) is 9.43. The molecule has 0 aromatic carbocycles. The van der Waals surface area contributed by atoms with Crippen LogP contribution >= 0.6 is 0 Å². The van der Waals surface area contributed by atoms with E-state index in [0.717, 1.165) is 6.42 Å². The van der Waals surface area contributed by atoms with Gasteiger partial charge < -0.3 is 19.9 Å². The second-order valence-corrected chi connectivity index (χ2v) is 5.50. The van der Waals surface area contributed by atoms with Crippen LogP contribution in [0.5, 0.6) is 0 Å². The third-order valence-electron chi connectivity index (χ3n) is 3.90. The van der Waals surface area contributed by atoms with E-state index >= 15 is 0 Å². The van der Waals surface area contributed by atoms with Gasteiger partial charge in [0.25, 0.3) is 0 Å². The van der Waals surface area contributed by atoms with Crippen LogP contribution in [-0.2, 0) is 9.47 Å². The van der Waals surface area contributed by atoms with Gasteiger partial charge in [0.2, 0.25) is 0 Å². The van der Waals surface area contributed by atoms with E-state index in [0.29, 0.717) is 12.0 Å². The molecule has 2 heterocycles. The molecule has 0 aromatic heterocycles. The summed E-state index contributed by atoms with van der Waals surface area (Å²) in [5.41, 5.74) is 0. The first-order valence-corrected chi connectivity index (χ1v) is 5.78. The van der Waals surface area contributed by atoms with Gasteiger partial charge >= 0.3 is 0 Å². The topological polar surface area (TPSA) is 50.7 Å². The first-order chi connectivity index (χ1) is 6.98. The van der Waals surface area contributed by atoms with Gasteiger partial charge in [0.05, 0.1) is 12.2 Å². The highest BCUT2D eigenvalue weighted by atomic mass is 16.8. The Morgan fingerprint density at radius 3 is 2.67 bits per heavy atom. The van der Waals surface area contributed by atoms with E-state index in [1.807, 2.05) is 20.8 Å². The molecule has 1 saturated carbocycles. The second-order valence-electron chi connectivity index (χ2n) is 5.50. The number of ether oxygens (including phenoxy) is 2. The number of piperidine rings is 1. The Morgan fingerprint density at radius 2 is 2.00 bits per heavy atom. The predicted octanol–water partition coefficient (Wildman–Crippen LogP) is 0.248. The van der Waals surface area contributed by atoms with Crippen LogP contribution in [0.25, 0.3) is 0 Å². The lowest BCUT2D eigenvalue weighted by Gasteiger charge is -2.31. The van der Waals surface area contributed by atoms with Gasteiger partial charge in [-0.2, -0.15) is 0 Å². The van der Waals surface area contributed by atoms with Gasteiger partial charge in [-0.1, -0.05) is 0 Å². The molecule has 2 N–H and O–H groups in total. The summed E-state index contributed by atoms with van der Waals surface area (Å²) >= 11 is 0. The van der Waals surface area contributed by atoms with E-state index in [9.17, 15) is 5.11 Å². The minimum Gasteiger partial charge on any atom is -0.392 e. The molecule has 0 aromatic rings. The van der Waals surface area contributed by atoms with Gasteiger partial charge in [-0.15, -0.1) is 0 Å². The van der Waals surface area contributed by atoms with Crippen molar-refractivity contribution in [2.45, 2.75) is 63.4 Å². The number of aliphatic hydroxyl groups is 1. The fraction of sp³-hybridized carbons (Fsp3) is 1.00. The highest BCUT2D eigenvalue weighted by Gasteiger charge is 2.60. The highest BCUT2D eigenvalue weighted by molar-refractivity contribution is 5.12. The average Bonchev–Trinajstić information content (AvgIpc) is 2.70. The molecule has 2 saturated heterocycles. The number of nitrogens with one attached hydrogen (secondary N) is 1. The molecule has 3 rings (SSSR count). The van der Waals surface area contributed by atoms with Crippen LogP contribution in [0.15, 0.2) is 0 Å². The lowest BCUT2D eigenvalue weighted by atomic mass is 9.93. The molecular formula is C11H19NO3. The Bertz CT molecular complexity index is 279. The summed E-state index contributed by atoms with van der Waals surface area (Å²) in [5, 5.41) is 13.1. The van der Waals surface area contributed by atoms with Crippen LogP contribution in [0.2, 0.25) is 0 Å². The summed E-state index contributed by atoms with van der Waals surface area (Å²) in [5.74, 6) is -0.0524. The normalized spacial score (nSPS) is 53.2. The van der Waals surface area contributed by atoms with Crippen LogP contribution in [-0.4, -0.2) is 41.3 Å². The van der Waals surface area contributed by atoms with Gasteiger partial charge in [-0.05, 0) is 27.2 Å². The largest absolute Gasteiger partial charge is 0.392 e. The number of aliphatic hydroxyl groups excluding tert-OH is 1. The lowest BCUT2D eigenvalue weighted by Crippen LogP contribution is -2.53. The van der Waals surface area contributed by atoms with Crippen LogP contribution in [0, 0.1) is 5.92 Å². The van der Waals surface area contributed by atoms with Crippen molar-refractivity contribution in [3.05, 3.63) is 0 Å². The SMILES string of the molecule is C[C@@H](O)[C@@H]1N[C@@H]2C[C@H]1[C@H]1OC(C)(C)O[C@H]12. The summed E-state index contributed by atoms with van der Waals surface area (Å²) in [6.07, 6.45) is 1.11. The summed E-state index contributed by atoms with van der Waals surface area (Å²) in [6.45, 7) is 5.76. The molecule has 4 heteroatoms. The molecule has 0 radical (unpaired) electrons. The van der Waals surface area contributed by atoms with E-state index in [2.05, 4.69) is 5.32 Å². The lowest BCUT2D eigenvalue weighted by molar-refractivity contribution is -0.155. The molecule has 3 aliphatic rings. The summed E-state index contributed by atoms with van der Waals surface area (Å²) in [7, 11) is 0. The van der Waals surface area contributed by atoms with E-state index in [4.69, 9.17) is 9.47 Å². The smallest absolute Gasteiger partial charge is 0.163 e. The third kappa shape index (κ3) is 1.35. The molecule has 4 nitrogen and oxygen atoms in total. The van der Waals surface area contributed by atoms with Crippen LogP contribution in [0.4, 0.5) is 0 Å². The van der Waals surface area contributed by atoms with Gasteiger partial charge in [-0.25, -0.2) is 0 Å². The first kappa shape index (κ1) is 10.0. The molecule has 2 aliphatic heterocycles. The fourth-order valence-electron chi connectivity index (χ4n) is 3.40. The molecule has 6 atom stereocenters. The third-order valence-corrected chi connectivity index (χ3v) is 3.90. The van der Waals surface area contributed by atoms with Crippen molar-refractivity contribution in [2.24, 2.45) is 5.92 Å². The molecule has 15 heavy (non-hydrogen) atoms. The molecular weight excluding hydrogens is 194 g/mol. The average molecular weight is 213 g/mol. The van der Waals surface area contributed by atoms with Gasteiger partial charge in [0, 0.05) is 18.0 Å². The van der Waals surface area contributed by atoms with Crippen molar-refractivity contribution in [2.75, 3.05) is 0 Å². The molecule has 0 amide bonds. The van der Waals surface area contributed by atoms with E-state index in [1.165, 1.54) is 0 Å². The first-order valence-electron chi connectivity index (χ1n) is 5.78. The number of fused-ring (bicyclic) bond motifs is 5. The Balaban J connectivity index is 1.81. The van der Waals surface area contributed by atoms with Crippen molar-refractivity contribution >= 4 is 0 Å². The maximum atomic E-state index is 9.67. The monoisotopic (exact) mass is 213 g/mol. The maximum absolute atomic E-state index is 9.67. The number of rotatable bonds is 1. The molecule has 0 unspecified atom stereocenters. The van der Waals surface area contributed by atoms with Gasteiger partial charge in [0.15, 0.2) is 5.79 Å². The molecule has 3 fully saturated rings. The standard InChI is InChI=1S/C11H19NO3/c1-5(13)8-6-4-7(12-8)10-9(6)14-11(2,3)15-10/h5-10,12-13H,4H2,1-3H3/t5-,6-,7-,8+,9-,10+/m1/s1. The zero-order chi connectivity index (χ0) is 10.8. The Morgan fingerprint density at radius 1 is 1.33 bits per heavy atom. The van der Waals surface area contributed by atoms with Crippen molar-refractivity contribution in [3.63, 3.8) is 0 Å². The van der Waals surface area contributed by atoms with E-state index in [-0.39, 0.29) is 24.4 Å². The van der Waals surface area contributed by atoms with Crippen molar-refractivity contribution in [1.29, 1.82) is 0 Å². The second kappa shape index (κ2) is 2.94. The highest BCUT2D eigenvalue weighted by Crippen LogP contribution is 2.47. The summed E-state index contributed by atoms with van der Waals surface area (Å²) in [6, 6.07) is 0.537. The minimum absolute atomic E-state index is 0.172. The number of hydrogen-bond acceptors (Lipinski definition) is 4. The van der Waals surface area contributed by atoms with E-state index < -0.39 is 5.79 Å². The van der Waals surface area contributed by atoms with Crippen molar-refractivity contribution in [3.8, 4) is 0 Å². The van der Waals surface area contributed by atoms with Crippen LogP contribution in [0.1, 0.15) is 27.2 Å². The summed E-state index contributed by atoms with van der Waals surface area (Å²) < 4.78 is 11.8. The maximum Gasteiger partial charge on any atom is 0.163 e. The van der Waals surface area contributed by atoms with Gasteiger partial charge in [-0.3, -0.25) is 0 Å². The summed E-state index contributed by atoms with van der Waals surface area (Å²) in [4.78, 5) is 0. The minimum atomic E-state index is -0.457. The molecule has 2 bridgehead atoms. The molecule has 0 spiro atoms. The predicted molar refractivity (Wildman–Crippen MR) is 54.3 cm³/mol. The van der Waals surface area contributed by atoms with Crippen molar-refractivity contribution < 1.29 is 14.6 Å². The Hall–Kier alpha value is -0.160. The van der Waals surface area contributed by atoms with Crippen molar-refractivity contribution in [1.82, 2.24) is 5.32 Å². The molecule has 86 valence electrons. The Labute approximate surface area is 89.9 Å². The number of hydrogen-bond donors (Lipinski definition) is 2. The fourth-order valence-corrected chi connectivity index (χ4v) is 3.40. The quantitative estimate of drug-likeness (QED) is 0.655. The van der Waals surface area contributed by atoms with Crippen LogP contribution in [0.3, 0.4) is 0 Å². The zero-order valence-corrected chi connectivity index (χ0v) is 9.43. The van der Waals surface area contributed by atoms with Gasteiger partial charge in [0.1, 0.15) is 6.10 Å². The molecule has 1 aliphatic carbocycles. The Kier molecular flexibility index (Phi) is 1.97.